The Bertz CT molecular complexity index is 1610. The summed E-state index contributed by atoms with van der Waals surface area (Å²) in [5, 5.41) is 0.396. The van der Waals surface area contributed by atoms with E-state index < -0.39 is 66.8 Å². The standard InChI is InChI=1S/C32H34O14/c1-6-38-29-26(40-15-21-10-8-7-9-11-21)23-13-12-22(14-24(23)45-31(29)37)44-32-30(43-20(5)36)28(42-19(4)35)27(41-18(3)34)25(46-32)16-39-17(2)33/h7-14,25,27-28,30,32H,6,15-16H2,1-5H3/t25-,27-,28+,30+,32+/m1/s1. The fourth-order valence-electron chi connectivity index (χ4n) is 4.77. The SMILES string of the molecule is CCOc1c(OCc2ccccc2)c2ccc(O[C@H]3O[C@H](COC(C)=O)[C@@H](OC(C)=O)[C@H](OC(C)=O)[C@@H]3OC(C)=O)cc2oc1=O. The number of esters is 4. The van der Waals surface area contributed by atoms with Crippen LogP contribution in [0, 0.1) is 0 Å². The molecule has 5 atom stereocenters. The fourth-order valence-corrected chi connectivity index (χ4v) is 4.77. The van der Waals surface area contributed by atoms with E-state index in [0.717, 1.165) is 26.3 Å². The van der Waals surface area contributed by atoms with Gasteiger partial charge in [0.15, 0.2) is 18.0 Å². The van der Waals surface area contributed by atoms with Gasteiger partial charge in [0.05, 0.1) is 12.0 Å². The lowest BCUT2D eigenvalue weighted by Gasteiger charge is -2.43. The zero-order valence-electron chi connectivity index (χ0n) is 25.8. The zero-order valence-corrected chi connectivity index (χ0v) is 25.8. The number of carbonyl (C=O) groups is 4. The van der Waals surface area contributed by atoms with Gasteiger partial charge in [0.1, 0.15) is 30.7 Å². The third-order valence-electron chi connectivity index (χ3n) is 6.51. The van der Waals surface area contributed by atoms with Gasteiger partial charge in [-0.15, -0.1) is 0 Å². The molecule has 0 unspecified atom stereocenters. The molecular formula is C32H34O14. The Morgan fingerprint density at radius 2 is 1.41 bits per heavy atom. The van der Waals surface area contributed by atoms with E-state index in [2.05, 4.69) is 0 Å². The van der Waals surface area contributed by atoms with E-state index >= 15 is 0 Å². The van der Waals surface area contributed by atoms with Crippen LogP contribution in [-0.2, 0) is 49.5 Å². The molecule has 2 heterocycles. The van der Waals surface area contributed by atoms with Gasteiger partial charge in [-0.3, -0.25) is 19.2 Å². The summed E-state index contributed by atoms with van der Waals surface area (Å²) in [5.41, 5.74) is 0.136. The summed E-state index contributed by atoms with van der Waals surface area (Å²) in [6.07, 6.45) is -6.91. The number of rotatable bonds is 12. The van der Waals surface area contributed by atoms with Crippen molar-refractivity contribution in [3.05, 3.63) is 64.5 Å². The first kappa shape index (κ1) is 33.8. The molecule has 0 spiro atoms. The van der Waals surface area contributed by atoms with Crippen LogP contribution in [0.2, 0.25) is 0 Å². The van der Waals surface area contributed by atoms with Crippen LogP contribution in [0.3, 0.4) is 0 Å². The van der Waals surface area contributed by atoms with E-state index in [0.29, 0.717) is 5.39 Å². The summed E-state index contributed by atoms with van der Waals surface area (Å²) < 4.78 is 50.5. The van der Waals surface area contributed by atoms with Crippen molar-refractivity contribution in [2.75, 3.05) is 13.2 Å². The van der Waals surface area contributed by atoms with Crippen molar-refractivity contribution in [3.63, 3.8) is 0 Å². The predicted molar refractivity (Wildman–Crippen MR) is 157 cm³/mol. The topological polar surface area (TPSA) is 172 Å². The van der Waals surface area contributed by atoms with Gasteiger partial charge in [0.25, 0.3) is 0 Å². The second-order valence-corrected chi connectivity index (χ2v) is 10.1. The Morgan fingerprint density at radius 3 is 2.04 bits per heavy atom. The van der Waals surface area contributed by atoms with E-state index in [1.54, 1.807) is 13.0 Å². The molecule has 0 amide bonds. The quantitative estimate of drug-likeness (QED) is 0.160. The summed E-state index contributed by atoms with van der Waals surface area (Å²) in [4.78, 5) is 60.8. The Morgan fingerprint density at radius 1 is 0.761 bits per heavy atom. The Kier molecular flexibility index (Phi) is 11.2. The van der Waals surface area contributed by atoms with Crippen LogP contribution in [0.15, 0.2) is 57.7 Å². The fraction of sp³-hybridized carbons (Fsp3) is 0.406. The predicted octanol–water partition coefficient (Wildman–Crippen LogP) is 3.23. The lowest BCUT2D eigenvalue weighted by molar-refractivity contribution is -0.288. The average molecular weight is 643 g/mol. The summed E-state index contributed by atoms with van der Waals surface area (Å²) in [6.45, 7) is 6.13. The minimum atomic E-state index is -1.48. The normalized spacial score (nSPS) is 20.7. The highest BCUT2D eigenvalue weighted by Gasteiger charge is 2.53. The first-order valence-corrected chi connectivity index (χ1v) is 14.3. The molecule has 1 aliphatic rings. The second kappa shape index (κ2) is 15.3. The molecule has 0 aliphatic carbocycles. The van der Waals surface area contributed by atoms with E-state index in [9.17, 15) is 24.0 Å². The maximum absolute atomic E-state index is 12.9. The summed E-state index contributed by atoms with van der Waals surface area (Å²) in [7, 11) is 0. The Labute approximate surface area is 263 Å². The third kappa shape index (κ3) is 8.53. The molecule has 14 nitrogen and oxygen atoms in total. The number of hydrogen-bond acceptors (Lipinski definition) is 14. The molecule has 14 heteroatoms. The maximum atomic E-state index is 12.9. The van der Waals surface area contributed by atoms with Crippen LogP contribution in [-0.4, -0.2) is 67.8 Å². The second-order valence-electron chi connectivity index (χ2n) is 10.1. The summed E-state index contributed by atoms with van der Waals surface area (Å²) in [6, 6.07) is 13.8. The molecule has 1 aromatic heterocycles. The highest BCUT2D eigenvalue weighted by atomic mass is 16.7. The minimum Gasteiger partial charge on any atom is -0.484 e. The highest BCUT2D eigenvalue weighted by molar-refractivity contribution is 5.86. The van der Waals surface area contributed by atoms with Crippen molar-refractivity contribution in [2.24, 2.45) is 0 Å². The van der Waals surface area contributed by atoms with Gasteiger partial charge in [-0.25, -0.2) is 4.79 Å². The molecular weight excluding hydrogens is 608 g/mol. The molecule has 0 saturated carbocycles. The molecule has 1 saturated heterocycles. The smallest absolute Gasteiger partial charge is 0.383 e. The molecule has 0 bridgehead atoms. The monoisotopic (exact) mass is 642 g/mol. The van der Waals surface area contributed by atoms with E-state index in [-0.39, 0.29) is 36.0 Å². The van der Waals surface area contributed by atoms with Crippen molar-refractivity contribution in [1.82, 2.24) is 0 Å². The Balaban J connectivity index is 1.72. The Hall–Kier alpha value is -5.11. The number of hydrogen-bond donors (Lipinski definition) is 0. The molecule has 2 aromatic carbocycles. The maximum Gasteiger partial charge on any atom is 0.383 e. The van der Waals surface area contributed by atoms with Crippen molar-refractivity contribution < 1.29 is 61.5 Å². The van der Waals surface area contributed by atoms with Crippen LogP contribution in [0.4, 0.5) is 0 Å². The van der Waals surface area contributed by atoms with E-state index in [1.165, 1.54) is 19.1 Å². The lowest BCUT2D eigenvalue weighted by Crippen LogP contribution is -2.63. The lowest BCUT2D eigenvalue weighted by atomic mass is 9.98. The average Bonchev–Trinajstić information content (AvgIpc) is 2.99. The van der Waals surface area contributed by atoms with Crippen LogP contribution >= 0.6 is 0 Å². The number of benzene rings is 2. The van der Waals surface area contributed by atoms with E-state index in [1.807, 2.05) is 30.3 Å². The summed E-state index contributed by atoms with van der Waals surface area (Å²) in [5.74, 6) is -2.85. The van der Waals surface area contributed by atoms with Crippen LogP contribution in [0.1, 0.15) is 40.2 Å². The molecule has 246 valence electrons. The number of carbonyl (C=O) groups excluding carboxylic acids is 4. The van der Waals surface area contributed by atoms with Crippen molar-refractivity contribution in [2.45, 2.75) is 71.9 Å². The molecule has 0 N–H and O–H groups in total. The zero-order chi connectivity index (χ0) is 33.4. The first-order valence-electron chi connectivity index (χ1n) is 14.3. The van der Waals surface area contributed by atoms with Crippen molar-refractivity contribution in [3.8, 4) is 17.2 Å². The third-order valence-corrected chi connectivity index (χ3v) is 6.51. The van der Waals surface area contributed by atoms with Gasteiger partial charge in [-0.2, -0.15) is 0 Å². The minimum absolute atomic E-state index is 0.0691. The van der Waals surface area contributed by atoms with Gasteiger partial charge in [0, 0.05) is 33.8 Å². The molecule has 3 aromatic rings. The molecule has 0 radical (unpaired) electrons. The van der Waals surface area contributed by atoms with Gasteiger partial charge in [0.2, 0.25) is 18.1 Å². The van der Waals surface area contributed by atoms with Crippen LogP contribution in [0.5, 0.6) is 17.2 Å². The molecule has 46 heavy (non-hydrogen) atoms. The largest absolute Gasteiger partial charge is 0.484 e. The molecule has 4 rings (SSSR count). The van der Waals surface area contributed by atoms with Crippen LogP contribution in [0.25, 0.3) is 11.0 Å². The van der Waals surface area contributed by atoms with Crippen LogP contribution < -0.4 is 19.8 Å². The van der Waals surface area contributed by atoms with Gasteiger partial charge in [-0.05, 0) is 24.6 Å². The number of ether oxygens (including phenoxy) is 8. The van der Waals surface area contributed by atoms with E-state index in [4.69, 9.17) is 42.3 Å². The molecule has 1 aliphatic heterocycles. The number of fused-ring (bicyclic) bond motifs is 1. The van der Waals surface area contributed by atoms with Crippen molar-refractivity contribution in [1.29, 1.82) is 0 Å². The van der Waals surface area contributed by atoms with Gasteiger partial charge < -0.3 is 42.3 Å². The van der Waals surface area contributed by atoms with Crippen molar-refractivity contribution >= 4 is 34.8 Å². The highest BCUT2D eigenvalue weighted by Crippen LogP contribution is 2.37. The molecule has 1 fully saturated rings. The van der Waals surface area contributed by atoms with Gasteiger partial charge >= 0.3 is 29.5 Å². The first-order chi connectivity index (χ1) is 22.0. The summed E-state index contributed by atoms with van der Waals surface area (Å²) >= 11 is 0. The van der Waals surface area contributed by atoms with Gasteiger partial charge in [-0.1, -0.05) is 30.3 Å².